The molecular formula is C8H12N2O6. The van der Waals surface area contributed by atoms with Crippen molar-refractivity contribution in [3.63, 3.8) is 0 Å². The molecule has 0 aromatic carbocycles. The van der Waals surface area contributed by atoms with E-state index in [0.717, 1.165) is 4.90 Å². The van der Waals surface area contributed by atoms with Crippen molar-refractivity contribution in [1.29, 1.82) is 0 Å². The smallest absolute Gasteiger partial charge is 0.314 e. The van der Waals surface area contributed by atoms with E-state index in [4.69, 9.17) is 5.11 Å². The molecule has 0 aromatic rings. The molecule has 8 nitrogen and oxygen atoms in total. The first-order valence-corrected chi connectivity index (χ1v) is 4.77. The van der Waals surface area contributed by atoms with E-state index in [0.29, 0.717) is 0 Å². The number of piperidine rings is 1. The molecule has 5 N–H and O–H groups in total. The second kappa shape index (κ2) is 3.67. The molecule has 2 amide bonds. The van der Waals surface area contributed by atoms with Crippen molar-refractivity contribution >= 4 is 11.8 Å². The zero-order valence-electron chi connectivity index (χ0n) is 8.15. The van der Waals surface area contributed by atoms with Crippen molar-refractivity contribution < 1.29 is 30.0 Å². The fourth-order valence-corrected chi connectivity index (χ4v) is 2.09. The van der Waals surface area contributed by atoms with Crippen LogP contribution in [-0.2, 0) is 9.59 Å². The van der Waals surface area contributed by atoms with E-state index in [-0.39, 0.29) is 0 Å². The fourth-order valence-electron chi connectivity index (χ4n) is 2.09. The summed E-state index contributed by atoms with van der Waals surface area (Å²) in [6, 6.07) is -1.10. The highest BCUT2D eigenvalue weighted by molar-refractivity contribution is 6.37. The summed E-state index contributed by atoms with van der Waals surface area (Å²) in [6.45, 7) is -0.609. The van der Waals surface area contributed by atoms with Gasteiger partial charge in [-0.25, -0.2) is 0 Å². The molecule has 2 aliphatic rings. The van der Waals surface area contributed by atoms with Crippen LogP contribution in [0.25, 0.3) is 0 Å². The maximum absolute atomic E-state index is 11.4. The third kappa shape index (κ3) is 1.31. The summed E-state index contributed by atoms with van der Waals surface area (Å²) >= 11 is 0. The molecule has 0 aliphatic carbocycles. The summed E-state index contributed by atoms with van der Waals surface area (Å²) in [6.07, 6.45) is -5.60. The van der Waals surface area contributed by atoms with Gasteiger partial charge in [0.1, 0.15) is 24.5 Å². The molecule has 0 bridgehead atoms. The predicted molar refractivity (Wildman–Crippen MR) is 47.7 cm³/mol. The predicted octanol–water partition coefficient (Wildman–Crippen LogP) is -4.27. The van der Waals surface area contributed by atoms with Crippen LogP contribution in [0.3, 0.4) is 0 Å². The van der Waals surface area contributed by atoms with Gasteiger partial charge in [0.05, 0.1) is 12.6 Å². The van der Waals surface area contributed by atoms with Gasteiger partial charge in [0.2, 0.25) is 0 Å². The molecule has 16 heavy (non-hydrogen) atoms. The molecule has 8 heteroatoms. The Hall–Kier alpha value is -1.22. The van der Waals surface area contributed by atoms with E-state index in [1.54, 1.807) is 0 Å². The highest BCUT2D eigenvalue weighted by Gasteiger charge is 2.54. The van der Waals surface area contributed by atoms with Crippen LogP contribution >= 0.6 is 0 Å². The number of nitrogens with zero attached hydrogens (tertiary/aromatic N) is 1. The molecule has 0 saturated carbocycles. The minimum absolute atomic E-state index is 0.609. The van der Waals surface area contributed by atoms with Crippen molar-refractivity contribution in [1.82, 2.24) is 10.2 Å². The SMILES string of the molecule is O=[13C]1[15NH][C@@H]2[C@@H](O)[C@@H](O)[C@H](O)[C@@H](CO)N2[13C]1=O. The Balaban J connectivity index is 2.35. The van der Waals surface area contributed by atoms with Gasteiger partial charge in [-0.05, 0) is 0 Å². The average Bonchev–Trinajstić information content (AvgIpc) is 2.55. The number of carbonyl (C=O) groups is 2. The number of carbonyl (C=O) groups excluding carboxylic acids is 2. The fraction of sp³-hybridized carbons (Fsp3) is 0.750. The van der Waals surface area contributed by atoms with E-state index in [2.05, 4.69) is 5.32 Å². The molecular weight excluding hydrogens is 223 g/mol. The number of rotatable bonds is 1. The summed E-state index contributed by atoms with van der Waals surface area (Å²) < 4.78 is 0. The number of nitrogens with one attached hydrogen (secondary N) is 1. The lowest BCUT2D eigenvalue weighted by Crippen LogP contribution is -2.68. The first-order chi connectivity index (χ1) is 7.49. The standard InChI is InChI=1S/C8H12N2O6/c11-1-2-3(12)4(13)5(14)6-9-7(15)8(16)10(2)6/h2-6,11-14H,1H2,(H,9,15)/t2-,3-,4+,5+,6+/m1/s1/i7+1,8+1,9+1. The van der Waals surface area contributed by atoms with Crippen LogP contribution < -0.4 is 5.32 Å². The number of fused-ring (bicyclic) bond motifs is 1. The molecule has 0 aromatic heterocycles. The van der Waals surface area contributed by atoms with Gasteiger partial charge >= 0.3 is 11.8 Å². The van der Waals surface area contributed by atoms with Crippen LogP contribution in [0.2, 0.25) is 0 Å². The van der Waals surface area contributed by atoms with Gasteiger partial charge in [0.15, 0.2) is 0 Å². The number of hydrogen-bond donors (Lipinski definition) is 5. The van der Waals surface area contributed by atoms with Gasteiger partial charge in [0.25, 0.3) is 0 Å². The lowest BCUT2D eigenvalue weighted by atomic mass is 9.94. The van der Waals surface area contributed by atoms with Crippen LogP contribution in [0.4, 0.5) is 0 Å². The number of aliphatic hydroxyl groups is 4. The van der Waals surface area contributed by atoms with E-state index in [1.165, 1.54) is 0 Å². The number of hydrogen-bond acceptors (Lipinski definition) is 6. The summed E-state index contributed by atoms with van der Waals surface area (Å²) in [4.78, 5) is 23.4. The van der Waals surface area contributed by atoms with Gasteiger partial charge < -0.3 is 30.6 Å². The van der Waals surface area contributed by atoms with E-state index < -0.39 is 48.9 Å². The topological polar surface area (TPSA) is 130 Å². The monoisotopic (exact) mass is 235 g/mol. The van der Waals surface area contributed by atoms with Crippen LogP contribution in [0.15, 0.2) is 0 Å². The van der Waals surface area contributed by atoms with Gasteiger partial charge in [-0.15, -0.1) is 0 Å². The quantitative estimate of drug-likeness (QED) is 0.178. The Kier molecular flexibility index (Phi) is 2.58. The van der Waals surface area contributed by atoms with Crippen molar-refractivity contribution in [2.45, 2.75) is 30.5 Å². The third-order valence-electron chi connectivity index (χ3n) is 2.97. The highest BCUT2D eigenvalue weighted by atomic mass is 16.4. The van der Waals surface area contributed by atoms with Gasteiger partial charge in [-0.2, -0.15) is 0 Å². The van der Waals surface area contributed by atoms with Gasteiger partial charge in [-0.1, -0.05) is 0 Å². The van der Waals surface area contributed by atoms with Crippen molar-refractivity contribution in [3.05, 3.63) is 0 Å². The maximum Gasteiger partial charge on any atom is 0.314 e. The molecule has 0 spiro atoms. The Labute approximate surface area is 90.1 Å². The molecule has 2 saturated heterocycles. The largest absolute Gasteiger partial charge is 0.394 e. The minimum Gasteiger partial charge on any atom is -0.394 e. The molecule has 2 fully saturated rings. The lowest BCUT2D eigenvalue weighted by Gasteiger charge is -2.44. The Bertz CT molecular complexity index is 334. The molecule has 2 rings (SSSR count). The molecule has 2 heterocycles. The Morgan fingerprint density at radius 2 is 1.75 bits per heavy atom. The summed E-state index contributed by atoms with van der Waals surface area (Å²) in [5, 5.41) is 39.8. The first-order valence-electron chi connectivity index (χ1n) is 4.77. The normalized spacial score (nSPS) is 43.2. The molecule has 0 unspecified atom stereocenters. The number of amides is 2. The van der Waals surface area contributed by atoms with Crippen LogP contribution in [-0.4, -0.2) is 74.3 Å². The summed E-state index contributed by atoms with van der Waals surface area (Å²) in [5.74, 6) is -1.86. The van der Waals surface area contributed by atoms with Gasteiger partial charge in [-0.3, -0.25) is 9.59 Å². The summed E-state index contributed by atoms with van der Waals surface area (Å²) in [5.41, 5.74) is 0. The Morgan fingerprint density at radius 1 is 1.12 bits per heavy atom. The van der Waals surface area contributed by atoms with Crippen LogP contribution in [0, 0.1) is 0 Å². The second-order valence-corrected chi connectivity index (χ2v) is 3.85. The second-order valence-electron chi connectivity index (χ2n) is 3.85. The summed E-state index contributed by atoms with van der Waals surface area (Å²) in [7, 11) is 0. The Morgan fingerprint density at radius 3 is 2.31 bits per heavy atom. The maximum atomic E-state index is 11.4. The molecule has 90 valence electrons. The average molecular weight is 235 g/mol. The zero-order chi connectivity index (χ0) is 12.0. The highest BCUT2D eigenvalue weighted by Crippen LogP contribution is 2.26. The van der Waals surface area contributed by atoms with Crippen molar-refractivity contribution in [2.24, 2.45) is 0 Å². The lowest BCUT2D eigenvalue weighted by molar-refractivity contribution is -0.175. The van der Waals surface area contributed by atoms with Crippen LogP contribution in [0.1, 0.15) is 0 Å². The zero-order valence-corrected chi connectivity index (χ0v) is 8.15. The van der Waals surface area contributed by atoms with Crippen molar-refractivity contribution in [3.8, 4) is 0 Å². The molecule has 2 aliphatic heterocycles. The minimum atomic E-state index is -1.52. The van der Waals surface area contributed by atoms with E-state index >= 15 is 0 Å². The van der Waals surface area contributed by atoms with Crippen LogP contribution in [0.5, 0.6) is 0 Å². The molecule has 0 radical (unpaired) electrons. The first kappa shape index (κ1) is 11.3. The van der Waals surface area contributed by atoms with E-state index in [9.17, 15) is 24.9 Å². The van der Waals surface area contributed by atoms with E-state index in [1.807, 2.05) is 0 Å². The number of aliphatic hydroxyl groups excluding tert-OH is 4. The molecule has 5 atom stereocenters. The third-order valence-corrected chi connectivity index (χ3v) is 2.97. The van der Waals surface area contributed by atoms with Crippen molar-refractivity contribution in [2.75, 3.05) is 6.61 Å². The van der Waals surface area contributed by atoms with Gasteiger partial charge in [0, 0.05) is 0 Å².